The molecule has 7 atom stereocenters. The van der Waals surface area contributed by atoms with Gasteiger partial charge >= 0.3 is 5.97 Å². The fraction of sp³-hybridized carbons (Fsp3) is 0.710. The lowest BCUT2D eigenvalue weighted by molar-refractivity contribution is -0.302. The SMILES string of the molecule is CCCCCCCCCCCCC/C=C/[C@@H](OC(=O)c1ccccc1)[C@H](CO[C@H]1O[C@H](CO)[C@H](O)[C@H](O)[C@H]1O)N=[N+]=[N-]. The predicted octanol–water partition coefficient (Wildman–Crippen LogP) is 4.96. The molecule has 1 saturated heterocycles. The molecule has 1 aliphatic heterocycles. The van der Waals surface area contributed by atoms with E-state index in [1.807, 2.05) is 6.08 Å². The van der Waals surface area contributed by atoms with Gasteiger partial charge in [0.2, 0.25) is 0 Å². The Hall–Kier alpha value is -2.50. The summed E-state index contributed by atoms with van der Waals surface area (Å²) in [6.45, 7) is 1.29. The van der Waals surface area contributed by atoms with Gasteiger partial charge in [-0.25, -0.2) is 4.79 Å². The minimum absolute atomic E-state index is 0.329. The number of carbonyl (C=O) groups excluding carboxylic acids is 1. The van der Waals surface area contributed by atoms with E-state index in [1.54, 1.807) is 36.4 Å². The molecule has 2 rings (SSSR count). The van der Waals surface area contributed by atoms with Gasteiger partial charge in [0.05, 0.1) is 18.8 Å². The normalized spacial score (nSPS) is 23.8. The van der Waals surface area contributed by atoms with Crippen molar-refractivity contribution < 1.29 is 39.4 Å². The number of esters is 1. The van der Waals surface area contributed by atoms with E-state index in [1.165, 1.54) is 57.8 Å². The molecule has 11 nitrogen and oxygen atoms in total. The number of unbranched alkanes of at least 4 members (excludes halogenated alkanes) is 11. The lowest BCUT2D eigenvalue weighted by atomic mass is 9.99. The second-order valence-electron chi connectivity index (χ2n) is 10.8. The second kappa shape index (κ2) is 21.2. The van der Waals surface area contributed by atoms with Crippen molar-refractivity contribution in [3.8, 4) is 0 Å². The van der Waals surface area contributed by atoms with Gasteiger partial charge in [-0.3, -0.25) is 0 Å². The number of aliphatic hydroxyl groups excluding tert-OH is 4. The molecule has 0 aromatic heterocycles. The first-order valence-electron chi connectivity index (χ1n) is 15.3. The van der Waals surface area contributed by atoms with Gasteiger partial charge in [0.25, 0.3) is 0 Å². The molecule has 42 heavy (non-hydrogen) atoms. The molecule has 0 bridgehead atoms. The number of hydrogen-bond acceptors (Lipinski definition) is 9. The maximum atomic E-state index is 12.8. The predicted molar refractivity (Wildman–Crippen MR) is 159 cm³/mol. The molecule has 0 spiro atoms. The molecular formula is C31H49N3O8. The van der Waals surface area contributed by atoms with Gasteiger partial charge in [0, 0.05) is 4.91 Å². The highest BCUT2D eigenvalue weighted by atomic mass is 16.7. The van der Waals surface area contributed by atoms with Crippen molar-refractivity contribution in [2.75, 3.05) is 13.2 Å². The average Bonchev–Trinajstić information content (AvgIpc) is 3.01. The maximum Gasteiger partial charge on any atom is 0.338 e. The number of allylic oxidation sites excluding steroid dienone is 1. The third-order valence-corrected chi connectivity index (χ3v) is 7.41. The van der Waals surface area contributed by atoms with Crippen LogP contribution in [-0.2, 0) is 14.2 Å². The van der Waals surface area contributed by atoms with E-state index in [-0.39, 0.29) is 6.61 Å². The van der Waals surface area contributed by atoms with E-state index >= 15 is 0 Å². The smallest absolute Gasteiger partial charge is 0.338 e. The molecule has 0 saturated carbocycles. The second-order valence-corrected chi connectivity index (χ2v) is 10.8. The Balaban J connectivity index is 1.93. The van der Waals surface area contributed by atoms with E-state index in [0.717, 1.165) is 19.3 Å². The van der Waals surface area contributed by atoms with Crippen molar-refractivity contribution in [1.82, 2.24) is 0 Å². The first-order chi connectivity index (χ1) is 20.4. The van der Waals surface area contributed by atoms with Crippen LogP contribution < -0.4 is 0 Å². The third kappa shape index (κ3) is 12.8. The number of hydrogen-bond donors (Lipinski definition) is 4. The Morgan fingerprint density at radius 2 is 1.60 bits per heavy atom. The largest absolute Gasteiger partial charge is 0.454 e. The van der Waals surface area contributed by atoms with Gasteiger partial charge in [0.1, 0.15) is 36.6 Å². The summed E-state index contributed by atoms with van der Waals surface area (Å²) in [5, 5.41) is 43.5. The highest BCUT2D eigenvalue weighted by Crippen LogP contribution is 2.23. The van der Waals surface area contributed by atoms with E-state index < -0.39 is 55.4 Å². The highest BCUT2D eigenvalue weighted by molar-refractivity contribution is 5.89. The summed E-state index contributed by atoms with van der Waals surface area (Å²) in [5.74, 6) is -0.606. The zero-order valence-electron chi connectivity index (χ0n) is 24.7. The number of benzene rings is 1. The number of azide groups is 1. The van der Waals surface area contributed by atoms with Crippen LogP contribution in [0.3, 0.4) is 0 Å². The average molecular weight is 592 g/mol. The Morgan fingerprint density at radius 3 is 2.19 bits per heavy atom. The van der Waals surface area contributed by atoms with Crippen molar-refractivity contribution >= 4 is 5.97 Å². The van der Waals surface area contributed by atoms with Crippen LogP contribution in [0.2, 0.25) is 0 Å². The first-order valence-corrected chi connectivity index (χ1v) is 15.3. The van der Waals surface area contributed by atoms with Crippen molar-refractivity contribution in [2.24, 2.45) is 5.11 Å². The van der Waals surface area contributed by atoms with E-state index in [4.69, 9.17) is 14.2 Å². The topological polar surface area (TPSA) is 174 Å². The quantitative estimate of drug-likeness (QED) is 0.0387. The number of aliphatic hydroxyl groups is 4. The van der Waals surface area contributed by atoms with Crippen LogP contribution in [-0.4, -0.2) is 82.5 Å². The molecule has 1 aromatic rings. The van der Waals surface area contributed by atoms with Crippen molar-refractivity contribution in [2.45, 2.75) is 127 Å². The zero-order valence-corrected chi connectivity index (χ0v) is 24.7. The van der Waals surface area contributed by atoms with Crippen LogP contribution in [0.5, 0.6) is 0 Å². The number of nitrogens with zero attached hydrogens (tertiary/aromatic N) is 3. The first kappa shape index (κ1) is 35.7. The Labute approximate surface area is 249 Å². The van der Waals surface area contributed by atoms with Crippen molar-refractivity contribution in [1.29, 1.82) is 0 Å². The van der Waals surface area contributed by atoms with E-state index in [0.29, 0.717) is 5.56 Å². The third-order valence-electron chi connectivity index (χ3n) is 7.41. The number of rotatable bonds is 21. The molecule has 11 heteroatoms. The Kier molecular flexibility index (Phi) is 18.0. The maximum absolute atomic E-state index is 12.8. The fourth-order valence-electron chi connectivity index (χ4n) is 4.83. The summed E-state index contributed by atoms with van der Waals surface area (Å²) >= 11 is 0. The van der Waals surface area contributed by atoms with E-state index in [2.05, 4.69) is 16.9 Å². The van der Waals surface area contributed by atoms with Crippen LogP contribution >= 0.6 is 0 Å². The van der Waals surface area contributed by atoms with E-state index in [9.17, 15) is 30.8 Å². The molecule has 1 heterocycles. The van der Waals surface area contributed by atoms with Gasteiger partial charge in [-0.2, -0.15) is 0 Å². The van der Waals surface area contributed by atoms with Crippen molar-refractivity contribution in [3.05, 3.63) is 58.5 Å². The molecule has 1 fully saturated rings. The van der Waals surface area contributed by atoms with Crippen molar-refractivity contribution in [3.63, 3.8) is 0 Å². The molecule has 0 aliphatic carbocycles. The molecule has 0 amide bonds. The summed E-state index contributed by atoms with van der Waals surface area (Å²) in [7, 11) is 0. The fourth-order valence-corrected chi connectivity index (χ4v) is 4.83. The molecule has 0 radical (unpaired) electrons. The van der Waals surface area contributed by atoms with Gasteiger partial charge in [0.15, 0.2) is 6.29 Å². The van der Waals surface area contributed by atoms with Gasteiger partial charge < -0.3 is 34.6 Å². The molecule has 4 N–H and O–H groups in total. The number of carbonyl (C=O) groups is 1. The Bertz CT molecular complexity index is 941. The highest BCUT2D eigenvalue weighted by Gasteiger charge is 2.44. The van der Waals surface area contributed by atoms with Crippen LogP contribution in [0, 0.1) is 0 Å². The van der Waals surface area contributed by atoms with Crippen LogP contribution in [0.15, 0.2) is 47.6 Å². The minimum atomic E-state index is -1.61. The molecule has 1 aliphatic rings. The van der Waals surface area contributed by atoms with Gasteiger partial charge in [-0.1, -0.05) is 101 Å². The molecule has 236 valence electrons. The lowest BCUT2D eigenvalue weighted by Gasteiger charge is -2.40. The summed E-state index contributed by atoms with van der Waals surface area (Å²) in [6, 6.07) is 7.40. The minimum Gasteiger partial charge on any atom is -0.454 e. The summed E-state index contributed by atoms with van der Waals surface area (Å²) in [6.07, 6.45) is 9.63. The zero-order chi connectivity index (χ0) is 30.6. The Morgan fingerprint density at radius 1 is 0.976 bits per heavy atom. The van der Waals surface area contributed by atoms with Crippen LogP contribution in [0.1, 0.15) is 94.3 Å². The van der Waals surface area contributed by atoms with Gasteiger partial charge in [-0.15, -0.1) is 0 Å². The monoisotopic (exact) mass is 591 g/mol. The summed E-state index contributed by atoms with van der Waals surface area (Å²) in [5.41, 5.74) is 9.55. The molecule has 1 aromatic carbocycles. The summed E-state index contributed by atoms with van der Waals surface area (Å²) in [4.78, 5) is 15.7. The molecular weight excluding hydrogens is 542 g/mol. The summed E-state index contributed by atoms with van der Waals surface area (Å²) < 4.78 is 16.7. The van der Waals surface area contributed by atoms with Crippen LogP contribution in [0.25, 0.3) is 10.4 Å². The van der Waals surface area contributed by atoms with Crippen LogP contribution in [0.4, 0.5) is 0 Å². The lowest BCUT2D eigenvalue weighted by Crippen LogP contribution is -2.59. The number of ether oxygens (including phenoxy) is 3. The molecule has 0 unspecified atom stereocenters. The van der Waals surface area contributed by atoms with Gasteiger partial charge in [-0.05, 0) is 36.6 Å². The standard InChI is InChI=1S/C31H49N3O8/c1-2-3-4-5-6-7-8-9-10-11-12-13-17-20-25(41-30(39)23-18-15-14-16-19-23)24(33-34-32)22-40-31-29(38)28(37)27(36)26(21-35)42-31/h14-20,24-29,31,35-38H,2-13,21-22H2,1H3/b20-17+/t24-,25+,26+,27-,28-,29+,31-/m0/s1.